The van der Waals surface area contributed by atoms with Gasteiger partial charge in [-0.25, -0.2) is 0 Å². The van der Waals surface area contributed by atoms with Crippen LogP contribution in [0.15, 0.2) is 23.2 Å². The Morgan fingerprint density at radius 2 is 2.33 bits per heavy atom. The van der Waals surface area contributed by atoms with Crippen LogP contribution in [0.4, 0.5) is 0 Å². The molecule has 2 aromatic heterocycles. The Bertz CT molecular complexity index is 587. The van der Waals surface area contributed by atoms with Crippen molar-refractivity contribution < 1.29 is 0 Å². The molecule has 0 aliphatic heterocycles. The standard InChI is InChI=1S/C13H15N3S2/c1-10-8-13(16(2)15-10)17-9-12-6-5-11(18-12)4-3-7-14/h5-6,8H,7,9,14H2,1-2H3. The number of nitrogens with two attached hydrogens (primary N) is 1. The lowest BCUT2D eigenvalue weighted by Crippen LogP contribution is -1.92. The van der Waals surface area contributed by atoms with Crippen molar-refractivity contribution in [2.45, 2.75) is 17.7 Å². The van der Waals surface area contributed by atoms with Gasteiger partial charge in [0.15, 0.2) is 0 Å². The quantitative estimate of drug-likeness (QED) is 0.692. The highest BCUT2D eigenvalue weighted by Crippen LogP contribution is 2.26. The number of aryl methyl sites for hydroxylation is 2. The summed E-state index contributed by atoms with van der Waals surface area (Å²) in [5.41, 5.74) is 6.41. The average molecular weight is 277 g/mol. The summed E-state index contributed by atoms with van der Waals surface area (Å²) in [5, 5.41) is 5.52. The van der Waals surface area contributed by atoms with Crippen LogP contribution < -0.4 is 5.73 Å². The maximum Gasteiger partial charge on any atom is 0.0942 e. The number of nitrogens with zero attached hydrogens (tertiary/aromatic N) is 2. The van der Waals surface area contributed by atoms with Gasteiger partial charge in [0.25, 0.3) is 0 Å². The van der Waals surface area contributed by atoms with E-state index >= 15 is 0 Å². The monoisotopic (exact) mass is 277 g/mol. The lowest BCUT2D eigenvalue weighted by Gasteiger charge is -1.99. The Morgan fingerprint density at radius 1 is 1.50 bits per heavy atom. The van der Waals surface area contributed by atoms with Crippen molar-refractivity contribution in [1.29, 1.82) is 0 Å². The second kappa shape index (κ2) is 6.10. The van der Waals surface area contributed by atoms with Crippen molar-refractivity contribution in [3.05, 3.63) is 33.6 Å². The molecule has 5 heteroatoms. The molecular weight excluding hydrogens is 262 g/mol. The molecule has 0 aliphatic carbocycles. The topological polar surface area (TPSA) is 43.8 Å². The average Bonchev–Trinajstić information content (AvgIpc) is 2.91. The predicted octanol–water partition coefficient (Wildman–Crippen LogP) is 2.39. The van der Waals surface area contributed by atoms with Crippen molar-refractivity contribution in [1.82, 2.24) is 9.78 Å². The molecule has 2 aromatic rings. The molecule has 0 radical (unpaired) electrons. The number of hydrogen-bond acceptors (Lipinski definition) is 4. The van der Waals surface area contributed by atoms with E-state index in [0.29, 0.717) is 6.54 Å². The van der Waals surface area contributed by atoms with Crippen LogP contribution in [0.3, 0.4) is 0 Å². The molecule has 0 bridgehead atoms. The zero-order valence-electron chi connectivity index (χ0n) is 10.4. The lowest BCUT2D eigenvalue weighted by atomic mass is 10.4. The molecule has 2 N–H and O–H groups in total. The first-order chi connectivity index (χ1) is 8.69. The van der Waals surface area contributed by atoms with E-state index in [1.807, 2.05) is 18.7 Å². The molecule has 2 heterocycles. The number of thiophene rings is 1. The van der Waals surface area contributed by atoms with Crippen LogP contribution >= 0.6 is 23.1 Å². The Balaban J connectivity index is 1.98. The molecule has 0 atom stereocenters. The van der Waals surface area contributed by atoms with Crippen molar-refractivity contribution in [2.75, 3.05) is 6.54 Å². The van der Waals surface area contributed by atoms with E-state index in [0.717, 1.165) is 16.3 Å². The van der Waals surface area contributed by atoms with Crippen LogP contribution in [0.5, 0.6) is 0 Å². The smallest absolute Gasteiger partial charge is 0.0942 e. The Morgan fingerprint density at radius 3 is 3.00 bits per heavy atom. The van der Waals surface area contributed by atoms with Gasteiger partial charge in [0, 0.05) is 17.7 Å². The van der Waals surface area contributed by atoms with E-state index in [4.69, 9.17) is 5.73 Å². The van der Waals surface area contributed by atoms with Gasteiger partial charge < -0.3 is 5.73 Å². The van der Waals surface area contributed by atoms with Crippen molar-refractivity contribution >= 4 is 23.1 Å². The molecule has 0 saturated carbocycles. The normalized spacial score (nSPS) is 10.2. The second-order valence-electron chi connectivity index (χ2n) is 3.81. The maximum absolute atomic E-state index is 5.35. The van der Waals surface area contributed by atoms with E-state index in [1.165, 1.54) is 9.90 Å². The first-order valence-electron chi connectivity index (χ1n) is 5.60. The largest absolute Gasteiger partial charge is 0.320 e. The van der Waals surface area contributed by atoms with Gasteiger partial charge >= 0.3 is 0 Å². The van der Waals surface area contributed by atoms with Gasteiger partial charge in [-0.1, -0.05) is 11.8 Å². The first-order valence-corrected chi connectivity index (χ1v) is 7.40. The number of hydrogen-bond donors (Lipinski definition) is 1. The summed E-state index contributed by atoms with van der Waals surface area (Å²) >= 11 is 3.52. The SMILES string of the molecule is Cc1cc(SCc2ccc(C#CCN)s2)n(C)n1. The molecule has 0 aliphatic rings. The zero-order chi connectivity index (χ0) is 13.0. The van der Waals surface area contributed by atoms with Crippen LogP contribution in [-0.4, -0.2) is 16.3 Å². The van der Waals surface area contributed by atoms with Crippen molar-refractivity contribution in [3.63, 3.8) is 0 Å². The minimum Gasteiger partial charge on any atom is -0.320 e. The minimum absolute atomic E-state index is 0.413. The Hall–Kier alpha value is -1.22. The van der Waals surface area contributed by atoms with E-state index in [1.54, 1.807) is 23.1 Å². The molecule has 0 unspecified atom stereocenters. The van der Waals surface area contributed by atoms with E-state index in [-0.39, 0.29) is 0 Å². The Kier molecular flexibility index (Phi) is 4.48. The molecule has 0 saturated heterocycles. The van der Waals surface area contributed by atoms with Crippen LogP contribution in [0.25, 0.3) is 0 Å². The maximum atomic E-state index is 5.35. The summed E-state index contributed by atoms with van der Waals surface area (Å²) in [5.74, 6) is 6.88. The summed E-state index contributed by atoms with van der Waals surface area (Å²) in [4.78, 5) is 2.40. The minimum atomic E-state index is 0.413. The summed E-state index contributed by atoms with van der Waals surface area (Å²) in [7, 11) is 1.97. The molecule has 94 valence electrons. The summed E-state index contributed by atoms with van der Waals surface area (Å²) in [6.07, 6.45) is 0. The van der Waals surface area contributed by atoms with Gasteiger partial charge in [-0.3, -0.25) is 4.68 Å². The number of aromatic nitrogens is 2. The predicted molar refractivity (Wildman–Crippen MR) is 77.8 cm³/mol. The van der Waals surface area contributed by atoms with Crippen LogP contribution in [-0.2, 0) is 12.8 Å². The fourth-order valence-corrected chi connectivity index (χ4v) is 3.49. The Labute approximate surface area is 115 Å². The number of rotatable bonds is 3. The molecule has 3 nitrogen and oxygen atoms in total. The first kappa shape index (κ1) is 13.2. The van der Waals surface area contributed by atoms with E-state index < -0.39 is 0 Å². The summed E-state index contributed by atoms with van der Waals surface area (Å²) in [6.45, 7) is 2.42. The molecule has 18 heavy (non-hydrogen) atoms. The third kappa shape index (κ3) is 3.39. The summed E-state index contributed by atoms with van der Waals surface area (Å²) < 4.78 is 1.92. The van der Waals surface area contributed by atoms with Crippen LogP contribution in [0, 0.1) is 18.8 Å². The van der Waals surface area contributed by atoms with Crippen LogP contribution in [0.2, 0.25) is 0 Å². The molecule has 0 fully saturated rings. The van der Waals surface area contributed by atoms with Gasteiger partial charge in [-0.15, -0.1) is 23.1 Å². The molecule has 0 spiro atoms. The number of thioether (sulfide) groups is 1. The van der Waals surface area contributed by atoms with Crippen molar-refractivity contribution in [2.24, 2.45) is 12.8 Å². The highest BCUT2D eigenvalue weighted by atomic mass is 32.2. The molecular formula is C13H15N3S2. The fraction of sp³-hybridized carbons (Fsp3) is 0.308. The molecule has 0 amide bonds. The van der Waals surface area contributed by atoms with Gasteiger partial charge in [0.05, 0.1) is 22.1 Å². The second-order valence-corrected chi connectivity index (χ2v) is 5.97. The third-order valence-corrected chi connectivity index (χ3v) is 4.61. The van der Waals surface area contributed by atoms with E-state index in [2.05, 4.69) is 35.1 Å². The highest BCUT2D eigenvalue weighted by molar-refractivity contribution is 7.98. The summed E-state index contributed by atoms with van der Waals surface area (Å²) in [6, 6.07) is 6.28. The third-order valence-electron chi connectivity index (χ3n) is 2.30. The fourth-order valence-electron chi connectivity index (χ4n) is 1.53. The lowest BCUT2D eigenvalue weighted by molar-refractivity contribution is 0.692. The molecule has 0 aromatic carbocycles. The zero-order valence-corrected chi connectivity index (χ0v) is 12.1. The molecule has 2 rings (SSSR count). The highest BCUT2D eigenvalue weighted by Gasteiger charge is 2.04. The van der Waals surface area contributed by atoms with Crippen molar-refractivity contribution in [3.8, 4) is 11.8 Å². The van der Waals surface area contributed by atoms with Crippen LogP contribution in [0.1, 0.15) is 15.4 Å². The van der Waals surface area contributed by atoms with Gasteiger partial charge in [0.1, 0.15) is 0 Å². The van der Waals surface area contributed by atoms with Gasteiger partial charge in [-0.2, -0.15) is 5.10 Å². The van der Waals surface area contributed by atoms with Gasteiger partial charge in [-0.05, 0) is 25.1 Å². The van der Waals surface area contributed by atoms with Gasteiger partial charge in [0.2, 0.25) is 0 Å². The van der Waals surface area contributed by atoms with E-state index in [9.17, 15) is 0 Å².